The fraction of sp³-hybridized carbons (Fsp3) is 0.333. The molecular weight excluding hydrogens is 236 g/mol. The zero-order valence-corrected chi connectivity index (χ0v) is 10.6. The number of hydrogen-bond acceptors (Lipinski definition) is 3. The van der Waals surface area contributed by atoms with Gasteiger partial charge in [0.05, 0.1) is 11.2 Å². The second kappa shape index (κ2) is 5.29. The van der Waals surface area contributed by atoms with Gasteiger partial charge in [0.2, 0.25) is 0 Å². The van der Waals surface area contributed by atoms with Gasteiger partial charge in [-0.15, -0.1) is 0 Å². The molecule has 2 heterocycles. The summed E-state index contributed by atoms with van der Waals surface area (Å²) in [4.78, 5) is 3.99. The van der Waals surface area contributed by atoms with Crippen molar-refractivity contribution in [1.82, 2.24) is 20.1 Å². The van der Waals surface area contributed by atoms with Gasteiger partial charge in [0, 0.05) is 37.2 Å². The van der Waals surface area contributed by atoms with Gasteiger partial charge in [-0.1, -0.05) is 11.6 Å². The molecule has 17 heavy (non-hydrogen) atoms. The Hall–Kier alpha value is -1.39. The Balaban J connectivity index is 2.18. The molecule has 0 saturated heterocycles. The Labute approximate surface area is 106 Å². The second-order valence-corrected chi connectivity index (χ2v) is 4.37. The van der Waals surface area contributed by atoms with E-state index in [1.807, 2.05) is 32.6 Å². The van der Waals surface area contributed by atoms with Crippen molar-refractivity contribution in [3.63, 3.8) is 0 Å². The molecule has 0 spiro atoms. The predicted octanol–water partition coefficient (Wildman–Crippen LogP) is 1.97. The van der Waals surface area contributed by atoms with Crippen LogP contribution in [-0.2, 0) is 13.5 Å². The quantitative estimate of drug-likeness (QED) is 0.902. The Morgan fingerprint density at radius 3 is 2.88 bits per heavy atom. The van der Waals surface area contributed by atoms with E-state index >= 15 is 0 Å². The lowest BCUT2D eigenvalue weighted by Crippen LogP contribution is -2.18. The average Bonchev–Trinajstić information content (AvgIpc) is 2.75. The summed E-state index contributed by atoms with van der Waals surface area (Å²) >= 11 is 6.11. The number of likely N-dealkylation sites (N-methyl/N-ethyl adjacent to an activating group) is 1. The zero-order valence-electron chi connectivity index (χ0n) is 9.89. The lowest BCUT2D eigenvalue weighted by atomic mass is 10.0. The molecule has 1 N–H and O–H groups in total. The van der Waals surface area contributed by atoms with E-state index in [0.29, 0.717) is 5.02 Å². The molecule has 0 saturated carbocycles. The first-order valence-corrected chi connectivity index (χ1v) is 5.82. The number of rotatable bonds is 4. The van der Waals surface area contributed by atoms with Crippen LogP contribution in [-0.4, -0.2) is 21.8 Å². The van der Waals surface area contributed by atoms with Gasteiger partial charge >= 0.3 is 0 Å². The maximum absolute atomic E-state index is 6.11. The summed E-state index contributed by atoms with van der Waals surface area (Å²) in [5.41, 5.74) is 2.24. The van der Waals surface area contributed by atoms with Gasteiger partial charge in [-0.05, 0) is 25.1 Å². The lowest BCUT2D eigenvalue weighted by Gasteiger charge is -2.15. The standard InChI is InChI=1S/C12H15ClN4/c1-14-12(10-6-16-17(2)8-10)5-9-3-4-15-7-11(9)13/h3-4,6-8,12,14H,5H2,1-2H3. The molecule has 0 bridgehead atoms. The highest BCUT2D eigenvalue weighted by atomic mass is 35.5. The molecular formula is C12H15ClN4. The normalized spacial score (nSPS) is 12.6. The monoisotopic (exact) mass is 250 g/mol. The van der Waals surface area contributed by atoms with Gasteiger partial charge in [-0.2, -0.15) is 5.10 Å². The van der Waals surface area contributed by atoms with E-state index in [1.165, 1.54) is 0 Å². The van der Waals surface area contributed by atoms with Crippen LogP contribution in [0.5, 0.6) is 0 Å². The van der Waals surface area contributed by atoms with Gasteiger partial charge in [-0.3, -0.25) is 9.67 Å². The molecule has 2 aromatic heterocycles. The number of pyridine rings is 1. The average molecular weight is 251 g/mol. The fourth-order valence-electron chi connectivity index (χ4n) is 1.80. The number of nitrogens with one attached hydrogen (secondary N) is 1. The van der Waals surface area contributed by atoms with Crippen LogP contribution in [0.1, 0.15) is 17.2 Å². The number of nitrogens with zero attached hydrogens (tertiary/aromatic N) is 3. The van der Waals surface area contributed by atoms with E-state index in [2.05, 4.69) is 15.4 Å². The minimum atomic E-state index is 0.212. The third-order valence-corrected chi connectivity index (χ3v) is 3.10. The lowest BCUT2D eigenvalue weighted by molar-refractivity contribution is 0.591. The van der Waals surface area contributed by atoms with Crippen molar-refractivity contribution in [3.8, 4) is 0 Å². The molecule has 4 nitrogen and oxygen atoms in total. The smallest absolute Gasteiger partial charge is 0.0622 e. The molecule has 2 aromatic rings. The van der Waals surface area contributed by atoms with E-state index in [1.54, 1.807) is 17.1 Å². The van der Waals surface area contributed by atoms with E-state index in [4.69, 9.17) is 11.6 Å². The van der Waals surface area contributed by atoms with Gasteiger partial charge in [0.25, 0.3) is 0 Å². The Morgan fingerprint density at radius 2 is 2.29 bits per heavy atom. The minimum absolute atomic E-state index is 0.212. The van der Waals surface area contributed by atoms with Crippen molar-refractivity contribution in [1.29, 1.82) is 0 Å². The molecule has 0 aliphatic carbocycles. The van der Waals surface area contributed by atoms with Crippen LogP contribution >= 0.6 is 11.6 Å². The number of aryl methyl sites for hydroxylation is 1. The van der Waals surface area contributed by atoms with Crippen molar-refractivity contribution in [2.45, 2.75) is 12.5 Å². The fourth-order valence-corrected chi connectivity index (χ4v) is 1.99. The molecule has 1 atom stereocenters. The predicted molar refractivity (Wildman–Crippen MR) is 68.0 cm³/mol. The van der Waals surface area contributed by atoms with Gasteiger partial charge in [-0.25, -0.2) is 0 Å². The first-order valence-electron chi connectivity index (χ1n) is 5.45. The molecule has 0 aliphatic heterocycles. The van der Waals surface area contributed by atoms with E-state index in [-0.39, 0.29) is 6.04 Å². The summed E-state index contributed by atoms with van der Waals surface area (Å²) in [5.74, 6) is 0. The second-order valence-electron chi connectivity index (χ2n) is 3.96. The van der Waals surface area contributed by atoms with Crippen LogP contribution in [0.4, 0.5) is 0 Å². The van der Waals surface area contributed by atoms with Crippen molar-refractivity contribution < 1.29 is 0 Å². The maximum Gasteiger partial charge on any atom is 0.0622 e. The van der Waals surface area contributed by atoms with Crippen LogP contribution in [0.25, 0.3) is 0 Å². The Morgan fingerprint density at radius 1 is 1.47 bits per heavy atom. The van der Waals surface area contributed by atoms with E-state index in [0.717, 1.165) is 17.5 Å². The molecule has 0 radical (unpaired) electrons. The van der Waals surface area contributed by atoms with Crippen molar-refractivity contribution in [3.05, 3.63) is 47.0 Å². The van der Waals surface area contributed by atoms with Crippen molar-refractivity contribution in [2.75, 3.05) is 7.05 Å². The van der Waals surface area contributed by atoms with Crippen LogP contribution in [0.2, 0.25) is 5.02 Å². The van der Waals surface area contributed by atoms with Crippen molar-refractivity contribution in [2.24, 2.45) is 7.05 Å². The SMILES string of the molecule is CNC(Cc1ccncc1Cl)c1cnn(C)c1. The topological polar surface area (TPSA) is 42.7 Å². The van der Waals surface area contributed by atoms with E-state index in [9.17, 15) is 0 Å². The molecule has 0 amide bonds. The summed E-state index contributed by atoms with van der Waals surface area (Å²) in [7, 11) is 3.85. The van der Waals surface area contributed by atoms with Gasteiger partial charge < -0.3 is 5.32 Å². The Kier molecular flexibility index (Phi) is 3.76. The van der Waals surface area contributed by atoms with E-state index < -0.39 is 0 Å². The number of aromatic nitrogens is 3. The third-order valence-electron chi connectivity index (χ3n) is 2.76. The largest absolute Gasteiger partial charge is 0.313 e. The van der Waals surface area contributed by atoms with Gasteiger partial charge in [0.1, 0.15) is 0 Å². The molecule has 5 heteroatoms. The zero-order chi connectivity index (χ0) is 12.3. The summed E-state index contributed by atoms with van der Waals surface area (Å²) in [5, 5.41) is 8.16. The van der Waals surface area contributed by atoms with Crippen LogP contribution in [0, 0.1) is 0 Å². The molecule has 2 rings (SSSR count). The summed E-state index contributed by atoms with van der Waals surface area (Å²) in [6.07, 6.45) is 8.14. The first kappa shape index (κ1) is 12.1. The van der Waals surface area contributed by atoms with Crippen LogP contribution in [0.3, 0.4) is 0 Å². The number of halogens is 1. The Bertz CT molecular complexity index is 495. The maximum atomic E-state index is 6.11. The highest BCUT2D eigenvalue weighted by molar-refractivity contribution is 6.31. The highest BCUT2D eigenvalue weighted by Gasteiger charge is 2.13. The number of hydrogen-bond donors (Lipinski definition) is 1. The third kappa shape index (κ3) is 2.84. The summed E-state index contributed by atoms with van der Waals surface area (Å²) in [6, 6.07) is 2.16. The summed E-state index contributed by atoms with van der Waals surface area (Å²) in [6.45, 7) is 0. The molecule has 0 fully saturated rings. The molecule has 0 aromatic carbocycles. The first-order chi connectivity index (χ1) is 8.20. The highest BCUT2D eigenvalue weighted by Crippen LogP contribution is 2.22. The summed E-state index contributed by atoms with van der Waals surface area (Å²) < 4.78 is 1.80. The van der Waals surface area contributed by atoms with Crippen molar-refractivity contribution >= 4 is 11.6 Å². The minimum Gasteiger partial charge on any atom is -0.313 e. The molecule has 0 aliphatic rings. The van der Waals surface area contributed by atoms with Crippen LogP contribution < -0.4 is 5.32 Å². The molecule has 90 valence electrons. The molecule has 1 unspecified atom stereocenters. The van der Waals surface area contributed by atoms with Gasteiger partial charge in [0.15, 0.2) is 0 Å². The van der Waals surface area contributed by atoms with Crippen LogP contribution in [0.15, 0.2) is 30.9 Å².